The number of nitrogens with zero attached hydrogens (tertiary/aromatic N) is 5. The Hall–Kier alpha value is -3.09. The van der Waals surface area contributed by atoms with Crippen LogP contribution in [-0.2, 0) is 6.54 Å². The number of carbonyl (C=O) groups is 1. The largest absolute Gasteiger partial charge is 0.352 e. The van der Waals surface area contributed by atoms with Gasteiger partial charge in [-0.15, -0.1) is 0 Å². The minimum absolute atomic E-state index is 0.0987. The van der Waals surface area contributed by atoms with Crippen molar-refractivity contribution in [3.05, 3.63) is 59.3 Å². The van der Waals surface area contributed by atoms with E-state index in [-0.39, 0.29) is 5.91 Å². The van der Waals surface area contributed by atoms with Crippen molar-refractivity contribution in [3.8, 4) is 11.3 Å². The molecule has 1 aromatic carbocycles. The van der Waals surface area contributed by atoms with Crippen LogP contribution in [0.5, 0.6) is 0 Å². The van der Waals surface area contributed by atoms with Gasteiger partial charge in [0, 0.05) is 24.2 Å². The highest BCUT2D eigenvalue weighted by atomic mass is 16.1. The first-order chi connectivity index (χ1) is 12.5. The summed E-state index contributed by atoms with van der Waals surface area (Å²) in [5, 5.41) is 15.5. The lowest BCUT2D eigenvalue weighted by Crippen LogP contribution is -2.25. The second kappa shape index (κ2) is 7.86. The predicted octanol–water partition coefficient (Wildman–Crippen LogP) is 2.48. The number of nitrogens with one attached hydrogen (secondary N) is 1. The zero-order valence-electron chi connectivity index (χ0n) is 15.2. The molecule has 1 amide bonds. The lowest BCUT2D eigenvalue weighted by Gasteiger charge is -2.07. The highest BCUT2D eigenvalue weighted by Crippen LogP contribution is 2.17. The van der Waals surface area contributed by atoms with Gasteiger partial charge in [0.05, 0.1) is 11.4 Å². The highest BCUT2D eigenvalue weighted by Gasteiger charge is 2.08. The second-order valence-electron chi connectivity index (χ2n) is 6.18. The minimum Gasteiger partial charge on any atom is -0.352 e. The average Bonchev–Trinajstić information content (AvgIpc) is 2.96. The van der Waals surface area contributed by atoms with Gasteiger partial charge in [-0.25, -0.2) is 4.98 Å². The number of rotatable bonds is 6. The first-order valence-corrected chi connectivity index (χ1v) is 8.60. The Labute approximate surface area is 152 Å². The fraction of sp³-hybridized carbons (Fsp3) is 0.316. The maximum absolute atomic E-state index is 12.4. The Morgan fingerprint density at radius 3 is 2.65 bits per heavy atom. The van der Waals surface area contributed by atoms with Gasteiger partial charge in [0.15, 0.2) is 0 Å². The van der Waals surface area contributed by atoms with Crippen LogP contribution in [0.1, 0.15) is 34.1 Å². The molecule has 2 heterocycles. The van der Waals surface area contributed by atoms with Gasteiger partial charge in [-0.1, -0.05) is 12.1 Å². The van der Waals surface area contributed by atoms with Crippen LogP contribution in [0.15, 0.2) is 36.4 Å². The van der Waals surface area contributed by atoms with E-state index in [0.29, 0.717) is 12.1 Å². The van der Waals surface area contributed by atoms with Gasteiger partial charge in [-0.2, -0.15) is 15.3 Å². The number of aromatic nitrogens is 5. The summed E-state index contributed by atoms with van der Waals surface area (Å²) >= 11 is 0. The Bertz CT molecular complexity index is 901. The molecule has 0 fully saturated rings. The van der Waals surface area contributed by atoms with Crippen LogP contribution in [0.4, 0.5) is 0 Å². The third-order valence-electron chi connectivity index (χ3n) is 4.01. The van der Waals surface area contributed by atoms with Crippen LogP contribution in [0.3, 0.4) is 0 Å². The third kappa shape index (κ3) is 4.30. The summed E-state index contributed by atoms with van der Waals surface area (Å²) in [5.74, 6) is 1.56. The molecule has 3 aromatic rings. The molecular weight excluding hydrogens is 328 g/mol. The quantitative estimate of drug-likeness (QED) is 0.690. The Morgan fingerprint density at radius 2 is 1.96 bits per heavy atom. The van der Waals surface area contributed by atoms with Gasteiger partial charge in [-0.05, 0) is 51.5 Å². The molecule has 0 aliphatic rings. The molecule has 26 heavy (non-hydrogen) atoms. The third-order valence-corrected chi connectivity index (χ3v) is 4.01. The van der Waals surface area contributed by atoms with Crippen molar-refractivity contribution in [2.45, 2.75) is 33.7 Å². The Balaban J connectivity index is 1.57. The van der Waals surface area contributed by atoms with Crippen molar-refractivity contribution in [2.24, 2.45) is 0 Å². The van der Waals surface area contributed by atoms with Crippen LogP contribution < -0.4 is 5.32 Å². The Kier molecular flexibility index (Phi) is 5.36. The summed E-state index contributed by atoms with van der Waals surface area (Å²) in [7, 11) is 0. The lowest BCUT2D eigenvalue weighted by atomic mass is 10.1. The first kappa shape index (κ1) is 17.7. The van der Waals surface area contributed by atoms with E-state index in [1.54, 1.807) is 6.07 Å². The second-order valence-corrected chi connectivity index (χ2v) is 6.18. The van der Waals surface area contributed by atoms with Crippen molar-refractivity contribution >= 4 is 5.91 Å². The number of benzene rings is 1. The molecule has 3 rings (SSSR count). The zero-order valence-corrected chi connectivity index (χ0v) is 15.2. The van der Waals surface area contributed by atoms with Gasteiger partial charge in [0.1, 0.15) is 11.6 Å². The molecular formula is C19H22N6O. The van der Waals surface area contributed by atoms with Gasteiger partial charge in [0.25, 0.3) is 5.91 Å². The fourth-order valence-electron chi connectivity index (χ4n) is 2.68. The van der Waals surface area contributed by atoms with E-state index in [4.69, 9.17) is 0 Å². The summed E-state index contributed by atoms with van der Waals surface area (Å²) in [6.45, 7) is 7.00. The smallest absolute Gasteiger partial charge is 0.251 e. The molecule has 0 bridgehead atoms. The monoisotopic (exact) mass is 350 g/mol. The van der Waals surface area contributed by atoms with E-state index in [0.717, 1.165) is 41.6 Å². The summed E-state index contributed by atoms with van der Waals surface area (Å²) in [6, 6.07) is 11.2. The van der Waals surface area contributed by atoms with Gasteiger partial charge in [0.2, 0.25) is 0 Å². The number of carbonyl (C=O) groups excluding carboxylic acids is 1. The van der Waals surface area contributed by atoms with Crippen molar-refractivity contribution in [3.63, 3.8) is 0 Å². The van der Waals surface area contributed by atoms with Gasteiger partial charge in [-0.3, -0.25) is 9.48 Å². The van der Waals surface area contributed by atoms with Crippen LogP contribution >= 0.6 is 0 Å². The zero-order chi connectivity index (χ0) is 18.5. The number of hydrogen-bond acceptors (Lipinski definition) is 5. The molecule has 0 unspecified atom stereocenters. The van der Waals surface area contributed by atoms with Crippen molar-refractivity contribution in [1.82, 2.24) is 30.3 Å². The number of hydrogen-bond donors (Lipinski definition) is 1. The summed E-state index contributed by atoms with van der Waals surface area (Å²) < 4.78 is 1.86. The highest BCUT2D eigenvalue weighted by molar-refractivity contribution is 5.95. The van der Waals surface area contributed by atoms with E-state index < -0.39 is 0 Å². The molecule has 0 saturated heterocycles. The van der Waals surface area contributed by atoms with E-state index in [9.17, 15) is 4.79 Å². The van der Waals surface area contributed by atoms with E-state index in [1.807, 2.05) is 55.8 Å². The lowest BCUT2D eigenvalue weighted by molar-refractivity contribution is 0.0952. The molecule has 2 aromatic heterocycles. The topological polar surface area (TPSA) is 85.6 Å². The maximum Gasteiger partial charge on any atom is 0.251 e. The molecule has 0 saturated carbocycles. The molecule has 134 valence electrons. The van der Waals surface area contributed by atoms with E-state index in [1.165, 1.54) is 0 Å². The van der Waals surface area contributed by atoms with Crippen molar-refractivity contribution in [2.75, 3.05) is 6.54 Å². The van der Waals surface area contributed by atoms with Crippen molar-refractivity contribution in [1.29, 1.82) is 0 Å². The van der Waals surface area contributed by atoms with Gasteiger partial charge < -0.3 is 5.32 Å². The SMILES string of the molecule is Cc1ccc(-c2cccc(C(=O)NCCCn3nc(C)nc3C)c2)nn1. The number of aryl methyl sites for hydroxylation is 4. The molecule has 0 spiro atoms. The molecule has 1 N–H and O–H groups in total. The minimum atomic E-state index is -0.0987. The van der Waals surface area contributed by atoms with Gasteiger partial charge >= 0.3 is 0 Å². The van der Waals surface area contributed by atoms with Crippen molar-refractivity contribution < 1.29 is 4.79 Å². The Morgan fingerprint density at radius 1 is 1.12 bits per heavy atom. The normalized spacial score (nSPS) is 10.7. The molecule has 0 radical (unpaired) electrons. The number of amides is 1. The maximum atomic E-state index is 12.4. The molecule has 0 atom stereocenters. The fourth-order valence-corrected chi connectivity index (χ4v) is 2.68. The van der Waals surface area contributed by atoms with Crippen LogP contribution in [0.2, 0.25) is 0 Å². The summed E-state index contributed by atoms with van der Waals surface area (Å²) in [6.07, 6.45) is 0.790. The summed E-state index contributed by atoms with van der Waals surface area (Å²) in [5.41, 5.74) is 3.10. The van der Waals surface area contributed by atoms with Crippen LogP contribution in [0, 0.1) is 20.8 Å². The molecule has 0 aliphatic heterocycles. The molecule has 0 aliphatic carbocycles. The van der Waals surface area contributed by atoms with Crippen LogP contribution in [0.25, 0.3) is 11.3 Å². The van der Waals surface area contributed by atoms with Crippen LogP contribution in [-0.4, -0.2) is 37.4 Å². The summed E-state index contributed by atoms with van der Waals surface area (Å²) in [4.78, 5) is 16.7. The average molecular weight is 350 g/mol. The standard InChI is InChI=1S/C19H22N6O/c1-13-8-9-18(23-22-13)16-6-4-7-17(12-16)19(26)20-10-5-11-25-15(3)21-14(2)24-25/h4,6-9,12H,5,10-11H2,1-3H3,(H,20,26). The van der Waals surface area contributed by atoms with E-state index in [2.05, 4.69) is 25.6 Å². The molecule has 7 nitrogen and oxygen atoms in total. The molecule has 7 heteroatoms. The van der Waals surface area contributed by atoms with E-state index >= 15 is 0 Å². The predicted molar refractivity (Wildman–Crippen MR) is 98.7 cm³/mol. The first-order valence-electron chi connectivity index (χ1n) is 8.60.